The minimum Gasteiger partial charge on any atom is -0.507 e. The van der Waals surface area contributed by atoms with Crippen molar-refractivity contribution < 1.29 is 14.6 Å². The second-order valence-electron chi connectivity index (χ2n) is 5.18. The number of hydrogen-bond donors (Lipinski definition) is 2. The number of nitrogens with zero attached hydrogens (tertiary/aromatic N) is 1. The molecule has 3 rings (SSSR count). The molecule has 1 heterocycles. The predicted octanol–water partition coefficient (Wildman–Crippen LogP) is 3.77. The summed E-state index contributed by atoms with van der Waals surface area (Å²) in [7, 11) is 3.20. The van der Waals surface area contributed by atoms with Crippen molar-refractivity contribution >= 4 is 0 Å². The second kappa shape index (κ2) is 6.04. The Balaban J connectivity index is 2.11. The molecule has 3 aromatic rings. The van der Waals surface area contributed by atoms with E-state index in [9.17, 15) is 5.11 Å². The summed E-state index contributed by atoms with van der Waals surface area (Å²) in [6.07, 6.45) is 0. The van der Waals surface area contributed by atoms with Crippen LogP contribution < -0.4 is 9.47 Å². The third-order valence-corrected chi connectivity index (χ3v) is 3.79. The Morgan fingerprint density at radius 3 is 2.22 bits per heavy atom. The number of phenols is 1. The van der Waals surface area contributed by atoms with Crippen molar-refractivity contribution in [1.29, 1.82) is 0 Å². The molecule has 118 valence electrons. The van der Waals surface area contributed by atoms with Gasteiger partial charge in [0, 0.05) is 22.9 Å². The van der Waals surface area contributed by atoms with Gasteiger partial charge in [0.15, 0.2) is 0 Å². The maximum absolute atomic E-state index is 10.3. The van der Waals surface area contributed by atoms with Gasteiger partial charge < -0.3 is 14.6 Å². The first-order valence-electron chi connectivity index (χ1n) is 7.20. The van der Waals surface area contributed by atoms with Gasteiger partial charge in [-0.05, 0) is 36.8 Å². The number of H-pyrrole nitrogens is 1. The number of aromatic amines is 1. The van der Waals surface area contributed by atoms with E-state index >= 15 is 0 Å². The van der Waals surface area contributed by atoms with Crippen LogP contribution in [0.5, 0.6) is 17.2 Å². The van der Waals surface area contributed by atoms with Gasteiger partial charge in [0.2, 0.25) is 0 Å². The number of rotatable bonds is 4. The fraction of sp³-hybridized carbons (Fsp3) is 0.167. The van der Waals surface area contributed by atoms with Crippen LogP contribution >= 0.6 is 0 Å². The number of methoxy groups -OCH3 is 2. The quantitative estimate of drug-likeness (QED) is 0.769. The topological polar surface area (TPSA) is 67.4 Å². The average Bonchev–Trinajstić information content (AvgIpc) is 2.96. The van der Waals surface area contributed by atoms with E-state index in [1.807, 2.05) is 31.2 Å². The highest BCUT2D eigenvalue weighted by molar-refractivity contribution is 5.85. The second-order valence-corrected chi connectivity index (χ2v) is 5.18. The first-order chi connectivity index (χ1) is 11.1. The molecule has 0 aliphatic heterocycles. The fourth-order valence-corrected chi connectivity index (χ4v) is 2.57. The smallest absolute Gasteiger partial charge is 0.128 e. The molecule has 0 aliphatic carbocycles. The summed E-state index contributed by atoms with van der Waals surface area (Å²) in [5.41, 5.74) is 4.24. The Kier molecular flexibility index (Phi) is 3.93. The summed E-state index contributed by atoms with van der Waals surface area (Å²) in [5.74, 6) is 1.53. The maximum Gasteiger partial charge on any atom is 0.128 e. The van der Waals surface area contributed by atoms with Gasteiger partial charge in [-0.15, -0.1) is 0 Å². The lowest BCUT2D eigenvalue weighted by molar-refractivity contribution is 0.408. The molecule has 0 fully saturated rings. The van der Waals surface area contributed by atoms with Crippen LogP contribution in [0.3, 0.4) is 0 Å². The summed E-state index contributed by atoms with van der Waals surface area (Å²) in [6.45, 7) is 1.95. The normalized spacial score (nSPS) is 10.6. The van der Waals surface area contributed by atoms with Crippen molar-refractivity contribution in [3.63, 3.8) is 0 Å². The molecule has 0 amide bonds. The van der Waals surface area contributed by atoms with Gasteiger partial charge in [-0.1, -0.05) is 12.1 Å². The molecule has 0 saturated heterocycles. The molecule has 23 heavy (non-hydrogen) atoms. The van der Waals surface area contributed by atoms with Crippen LogP contribution in [0.15, 0.2) is 42.5 Å². The van der Waals surface area contributed by atoms with Crippen LogP contribution in [-0.2, 0) is 0 Å². The van der Waals surface area contributed by atoms with Crippen LogP contribution in [0, 0.1) is 6.92 Å². The van der Waals surface area contributed by atoms with Gasteiger partial charge in [-0.25, -0.2) is 0 Å². The molecule has 5 nitrogen and oxygen atoms in total. The van der Waals surface area contributed by atoms with E-state index in [-0.39, 0.29) is 5.75 Å². The lowest BCUT2D eigenvalue weighted by atomic mass is 9.98. The highest BCUT2D eigenvalue weighted by Gasteiger charge is 2.17. The van der Waals surface area contributed by atoms with E-state index < -0.39 is 0 Å². The minimum absolute atomic E-state index is 0.130. The van der Waals surface area contributed by atoms with Crippen LogP contribution in [0.25, 0.3) is 22.4 Å². The average molecular weight is 310 g/mol. The fourth-order valence-electron chi connectivity index (χ4n) is 2.57. The van der Waals surface area contributed by atoms with E-state index in [1.165, 1.54) is 0 Å². The molecule has 0 atom stereocenters. The third-order valence-electron chi connectivity index (χ3n) is 3.79. The van der Waals surface area contributed by atoms with E-state index in [0.29, 0.717) is 17.0 Å². The molecule has 0 spiro atoms. The summed E-state index contributed by atoms with van der Waals surface area (Å²) >= 11 is 0. The predicted molar refractivity (Wildman–Crippen MR) is 89.0 cm³/mol. The Morgan fingerprint density at radius 1 is 0.957 bits per heavy atom. The molecule has 1 aromatic heterocycles. The molecule has 2 aromatic carbocycles. The lowest BCUT2D eigenvalue weighted by Crippen LogP contribution is -1.88. The number of ether oxygens (including phenoxy) is 2. The molecule has 0 radical (unpaired) electrons. The molecule has 0 bridgehead atoms. The number of nitrogens with one attached hydrogen (secondary N) is 1. The van der Waals surface area contributed by atoms with Gasteiger partial charge in [0.25, 0.3) is 0 Å². The first-order valence-corrected chi connectivity index (χ1v) is 7.20. The van der Waals surface area contributed by atoms with E-state index in [4.69, 9.17) is 9.47 Å². The van der Waals surface area contributed by atoms with Crippen LogP contribution in [-0.4, -0.2) is 29.5 Å². The van der Waals surface area contributed by atoms with Crippen LogP contribution in [0.2, 0.25) is 0 Å². The number of benzene rings is 2. The first kappa shape index (κ1) is 15.0. The maximum atomic E-state index is 10.3. The standard InChI is InChI=1S/C18H18N2O3/c1-11-17(12-4-6-13(22-2)7-5-12)18(20-19-11)15-9-8-14(23-3)10-16(15)21/h4-10,21H,1-3H3,(H,19,20). The minimum atomic E-state index is 0.130. The van der Waals surface area contributed by atoms with E-state index in [2.05, 4.69) is 10.2 Å². The van der Waals surface area contributed by atoms with Crippen LogP contribution in [0.4, 0.5) is 0 Å². The highest BCUT2D eigenvalue weighted by Crippen LogP contribution is 2.38. The highest BCUT2D eigenvalue weighted by atomic mass is 16.5. The van der Waals surface area contributed by atoms with Crippen molar-refractivity contribution in [3.8, 4) is 39.6 Å². The summed E-state index contributed by atoms with van der Waals surface area (Å²) in [6, 6.07) is 12.9. The van der Waals surface area contributed by atoms with Gasteiger partial charge in [0.1, 0.15) is 22.9 Å². The van der Waals surface area contributed by atoms with Crippen molar-refractivity contribution in [1.82, 2.24) is 10.2 Å². The van der Waals surface area contributed by atoms with E-state index in [1.54, 1.807) is 32.4 Å². The Morgan fingerprint density at radius 2 is 1.61 bits per heavy atom. The van der Waals surface area contributed by atoms with Crippen molar-refractivity contribution in [2.75, 3.05) is 14.2 Å². The SMILES string of the molecule is COc1ccc(-c2c(-c3ccc(OC)cc3O)n[nH]c2C)cc1. The van der Waals surface area contributed by atoms with Crippen LogP contribution in [0.1, 0.15) is 5.69 Å². The molecule has 0 saturated carbocycles. The molecular formula is C18H18N2O3. The van der Waals surface area contributed by atoms with Crippen molar-refractivity contribution in [2.45, 2.75) is 6.92 Å². The zero-order valence-corrected chi connectivity index (χ0v) is 13.3. The van der Waals surface area contributed by atoms with Crippen molar-refractivity contribution in [2.24, 2.45) is 0 Å². The molecular weight excluding hydrogens is 292 g/mol. The third kappa shape index (κ3) is 2.73. The molecule has 0 unspecified atom stereocenters. The number of hydrogen-bond acceptors (Lipinski definition) is 4. The van der Waals surface area contributed by atoms with Gasteiger partial charge >= 0.3 is 0 Å². The number of aryl methyl sites for hydroxylation is 1. The Bertz CT molecular complexity index is 823. The largest absolute Gasteiger partial charge is 0.507 e. The number of aromatic hydroxyl groups is 1. The summed E-state index contributed by atoms with van der Waals surface area (Å²) in [5, 5.41) is 17.6. The molecule has 2 N–H and O–H groups in total. The van der Waals surface area contributed by atoms with Gasteiger partial charge in [0.05, 0.1) is 14.2 Å². The Labute approximate surface area is 134 Å². The van der Waals surface area contributed by atoms with Gasteiger partial charge in [-0.2, -0.15) is 5.10 Å². The molecule has 0 aliphatic rings. The van der Waals surface area contributed by atoms with Gasteiger partial charge in [-0.3, -0.25) is 5.10 Å². The number of phenolic OH excluding ortho intramolecular Hbond substituents is 1. The number of aromatic nitrogens is 2. The monoisotopic (exact) mass is 310 g/mol. The molecule has 5 heteroatoms. The summed E-state index contributed by atoms with van der Waals surface area (Å²) in [4.78, 5) is 0. The van der Waals surface area contributed by atoms with E-state index in [0.717, 1.165) is 22.6 Å². The zero-order valence-electron chi connectivity index (χ0n) is 13.3. The van der Waals surface area contributed by atoms with Crippen molar-refractivity contribution in [3.05, 3.63) is 48.2 Å². The lowest BCUT2D eigenvalue weighted by Gasteiger charge is -2.08. The Hall–Kier alpha value is -2.95. The zero-order chi connectivity index (χ0) is 16.4. The summed E-state index contributed by atoms with van der Waals surface area (Å²) < 4.78 is 10.3.